The quantitative estimate of drug-likeness (QED) is 0.178. The summed E-state index contributed by atoms with van der Waals surface area (Å²) in [5, 5.41) is 23.6. The van der Waals surface area contributed by atoms with Gasteiger partial charge in [-0.25, -0.2) is 4.79 Å². The van der Waals surface area contributed by atoms with Gasteiger partial charge in [0.1, 0.15) is 17.7 Å². The lowest BCUT2D eigenvalue weighted by atomic mass is 9.95. The predicted octanol–water partition coefficient (Wildman–Crippen LogP) is 9.33. The van der Waals surface area contributed by atoms with Gasteiger partial charge in [0.25, 0.3) is 0 Å². The summed E-state index contributed by atoms with van der Waals surface area (Å²) >= 11 is 0. The molecule has 272 valence electrons. The van der Waals surface area contributed by atoms with E-state index in [0.29, 0.717) is 23.4 Å². The number of ether oxygens (including phenoxy) is 1. The standard InChI is InChI=1S/C23H24N4O2.C18H16N4.2CH4/c1-14-8-19-20(9-15(14)2)26-12-17(10-24)21(19)16-6-7-18(25-11-16)13-27-22(28)29-23(3,4)5;1-11-5-16-17(6-12(11)2)22-10-14(7-19)18(16)13-3-4-15(8-20)21-9-13;;/h6-9,11-12H,13H2,1-5H3,(H,27,28);3-6,9-10H,8,20H2,1-2H3;2*1H4. The monoisotopic (exact) mass is 708 g/mol. The van der Waals surface area contributed by atoms with Crippen molar-refractivity contribution in [2.75, 3.05) is 0 Å². The molecule has 10 nitrogen and oxygen atoms in total. The Bertz CT molecular complexity index is 2330. The van der Waals surface area contributed by atoms with E-state index in [4.69, 9.17) is 10.5 Å². The van der Waals surface area contributed by atoms with Gasteiger partial charge in [-0.2, -0.15) is 10.5 Å². The maximum atomic E-state index is 11.8. The first kappa shape index (κ1) is 41.2. The minimum absolute atomic E-state index is 0. The third kappa shape index (κ3) is 9.56. The summed E-state index contributed by atoms with van der Waals surface area (Å²) in [6.45, 7) is 14.3. The number of benzene rings is 2. The first-order valence-corrected chi connectivity index (χ1v) is 16.5. The molecule has 0 bridgehead atoms. The molecule has 0 aliphatic heterocycles. The van der Waals surface area contributed by atoms with Crippen LogP contribution in [-0.2, 0) is 17.8 Å². The number of nitrogens with one attached hydrogen (secondary N) is 1. The predicted molar refractivity (Wildman–Crippen MR) is 213 cm³/mol. The zero-order valence-electron chi connectivity index (χ0n) is 29.9. The average molecular weight is 709 g/mol. The van der Waals surface area contributed by atoms with Gasteiger partial charge in [0, 0.05) is 64.4 Å². The molecule has 4 heterocycles. The van der Waals surface area contributed by atoms with Crippen molar-refractivity contribution in [1.29, 1.82) is 10.5 Å². The van der Waals surface area contributed by atoms with Crippen LogP contribution >= 0.6 is 0 Å². The first-order chi connectivity index (χ1) is 24.3. The molecule has 3 N–H and O–H groups in total. The highest BCUT2D eigenvalue weighted by molar-refractivity contribution is 5.98. The van der Waals surface area contributed by atoms with Gasteiger partial charge in [-0.15, -0.1) is 0 Å². The minimum Gasteiger partial charge on any atom is -0.444 e. The van der Waals surface area contributed by atoms with E-state index >= 15 is 0 Å². The summed E-state index contributed by atoms with van der Waals surface area (Å²) in [6, 6.07) is 20.3. The van der Waals surface area contributed by atoms with Crippen LogP contribution in [0, 0.1) is 50.4 Å². The van der Waals surface area contributed by atoms with Crippen LogP contribution in [0.3, 0.4) is 0 Å². The molecular formula is C43H48N8O2. The summed E-state index contributed by atoms with van der Waals surface area (Å²) in [5.74, 6) is 0. The number of aromatic nitrogens is 4. The second-order valence-electron chi connectivity index (χ2n) is 13.4. The van der Waals surface area contributed by atoms with Gasteiger partial charge in [-0.1, -0.05) is 27.0 Å². The van der Waals surface area contributed by atoms with E-state index in [2.05, 4.69) is 69.4 Å². The van der Waals surface area contributed by atoms with Gasteiger partial charge in [-0.3, -0.25) is 19.9 Å². The molecule has 10 heteroatoms. The van der Waals surface area contributed by atoms with Crippen molar-refractivity contribution in [3.05, 3.63) is 118 Å². The van der Waals surface area contributed by atoms with Gasteiger partial charge >= 0.3 is 6.09 Å². The van der Waals surface area contributed by atoms with Crippen molar-refractivity contribution in [3.63, 3.8) is 0 Å². The van der Waals surface area contributed by atoms with E-state index in [1.807, 2.05) is 65.0 Å². The Kier molecular flexibility index (Phi) is 13.5. The third-order valence-electron chi connectivity index (χ3n) is 8.46. The Morgan fingerprint density at radius 1 is 0.698 bits per heavy atom. The van der Waals surface area contributed by atoms with Crippen LogP contribution < -0.4 is 11.1 Å². The number of alkyl carbamates (subject to hydrolysis) is 1. The van der Waals surface area contributed by atoms with Gasteiger partial charge in [-0.05, 0) is 107 Å². The number of carbonyl (C=O) groups excluding carboxylic acids is 1. The second kappa shape index (κ2) is 17.3. The molecule has 53 heavy (non-hydrogen) atoms. The fourth-order valence-electron chi connectivity index (χ4n) is 5.54. The lowest BCUT2D eigenvalue weighted by Gasteiger charge is -2.19. The summed E-state index contributed by atoms with van der Waals surface area (Å²) in [7, 11) is 0. The van der Waals surface area contributed by atoms with Gasteiger partial charge in [0.15, 0.2) is 0 Å². The summed E-state index contributed by atoms with van der Waals surface area (Å²) < 4.78 is 5.23. The number of aryl methyl sites for hydroxylation is 4. The number of rotatable bonds is 5. The van der Waals surface area contributed by atoms with E-state index in [0.717, 1.165) is 60.9 Å². The zero-order valence-corrected chi connectivity index (χ0v) is 29.9. The van der Waals surface area contributed by atoms with Crippen molar-refractivity contribution in [1.82, 2.24) is 25.3 Å². The lowest BCUT2D eigenvalue weighted by molar-refractivity contribution is 0.0523. The normalized spacial score (nSPS) is 10.5. The van der Waals surface area contributed by atoms with Gasteiger partial charge in [0.2, 0.25) is 0 Å². The maximum Gasteiger partial charge on any atom is 0.407 e. The first-order valence-electron chi connectivity index (χ1n) is 16.5. The fourth-order valence-corrected chi connectivity index (χ4v) is 5.54. The average Bonchev–Trinajstić information content (AvgIpc) is 3.11. The summed E-state index contributed by atoms with van der Waals surface area (Å²) in [5.41, 5.74) is 17.5. The molecule has 0 saturated heterocycles. The number of nitriles is 2. The van der Waals surface area contributed by atoms with Gasteiger partial charge < -0.3 is 15.8 Å². The second-order valence-corrected chi connectivity index (χ2v) is 13.4. The summed E-state index contributed by atoms with van der Waals surface area (Å²) in [6.07, 6.45) is 6.23. The van der Waals surface area contributed by atoms with Crippen LogP contribution in [0.4, 0.5) is 4.79 Å². The molecule has 1 amide bonds. The molecule has 0 radical (unpaired) electrons. The van der Waals surface area contributed by atoms with Crippen LogP contribution in [-0.4, -0.2) is 31.6 Å². The molecule has 0 spiro atoms. The van der Waals surface area contributed by atoms with Crippen LogP contribution in [0.5, 0.6) is 0 Å². The van der Waals surface area contributed by atoms with Crippen molar-refractivity contribution in [3.8, 4) is 34.4 Å². The molecule has 0 fully saturated rings. The van der Waals surface area contributed by atoms with Crippen molar-refractivity contribution < 1.29 is 9.53 Å². The van der Waals surface area contributed by atoms with Crippen LogP contribution in [0.25, 0.3) is 44.1 Å². The van der Waals surface area contributed by atoms with Crippen LogP contribution in [0.1, 0.15) is 80.4 Å². The Morgan fingerprint density at radius 3 is 1.51 bits per heavy atom. The van der Waals surface area contributed by atoms with E-state index in [1.165, 1.54) is 11.1 Å². The molecule has 0 aliphatic rings. The molecule has 6 aromatic rings. The van der Waals surface area contributed by atoms with Crippen molar-refractivity contribution in [2.45, 2.75) is 82.0 Å². The summed E-state index contributed by atoms with van der Waals surface area (Å²) in [4.78, 5) is 29.4. The highest BCUT2D eigenvalue weighted by Crippen LogP contribution is 2.33. The van der Waals surface area contributed by atoms with Gasteiger partial charge in [0.05, 0.1) is 40.1 Å². The fraction of sp³-hybridized carbons (Fsp3) is 0.279. The number of amides is 1. The number of hydrogen-bond acceptors (Lipinski definition) is 9. The number of hydrogen-bond donors (Lipinski definition) is 2. The molecule has 6 rings (SSSR count). The van der Waals surface area contributed by atoms with E-state index < -0.39 is 11.7 Å². The number of nitrogens with two attached hydrogens (primary N) is 1. The van der Waals surface area contributed by atoms with E-state index in [-0.39, 0.29) is 21.4 Å². The van der Waals surface area contributed by atoms with Crippen molar-refractivity contribution >= 4 is 27.9 Å². The molecule has 0 unspecified atom stereocenters. The van der Waals surface area contributed by atoms with E-state index in [9.17, 15) is 15.3 Å². The molecule has 0 aliphatic carbocycles. The van der Waals surface area contributed by atoms with E-state index in [1.54, 1.807) is 24.8 Å². The topological polar surface area (TPSA) is 163 Å². The van der Waals surface area contributed by atoms with Crippen LogP contribution in [0.2, 0.25) is 0 Å². The third-order valence-corrected chi connectivity index (χ3v) is 8.46. The maximum absolute atomic E-state index is 11.8. The highest BCUT2D eigenvalue weighted by atomic mass is 16.6. The Morgan fingerprint density at radius 2 is 1.13 bits per heavy atom. The largest absolute Gasteiger partial charge is 0.444 e. The Labute approximate surface area is 312 Å². The smallest absolute Gasteiger partial charge is 0.407 e. The number of nitrogens with zero attached hydrogens (tertiary/aromatic N) is 6. The zero-order chi connectivity index (χ0) is 36.9. The Balaban J connectivity index is 0.000000284. The number of pyridine rings is 4. The molecule has 2 aromatic carbocycles. The number of carbonyl (C=O) groups is 1. The highest BCUT2D eigenvalue weighted by Gasteiger charge is 2.17. The van der Waals surface area contributed by atoms with Crippen molar-refractivity contribution in [2.24, 2.45) is 5.73 Å². The number of fused-ring (bicyclic) bond motifs is 2. The lowest BCUT2D eigenvalue weighted by Crippen LogP contribution is -2.32. The molecule has 0 atom stereocenters. The molecular weight excluding hydrogens is 661 g/mol. The molecule has 4 aromatic heterocycles. The molecule has 0 saturated carbocycles. The SMILES string of the molecule is C.C.Cc1cc2ncc(C#N)c(-c3ccc(CN)nc3)c2cc1C.Cc1cc2ncc(C#N)c(-c3ccc(CNC(=O)OC(C)(C)C)nc3)c2cc1C. The minimum atomic E-state index is -0.548. The Hall–Kier alpha value is -6.23. The van der Waals surface area contributed by atoms with Crippen LogP contribution in [0.15, 0.2) is 73.3 Å².